The summed E-state index contributed by atoms with van der Waals surface area (Å²) in [7, 11) is 1.65. The average Bonchev–Trinajstić information content (AvgIpc) is 2.75. The maximum atomic E-state index is 10.7. The summed E-state index contributed by atoms with van der Waals surface area (Å²) in [5.41, 5.74) is 1.40. The molecule has 18 heavy (non-hydrogen) atoms. The third-order valence-electron chi connectivity index (χ3n) is 3.70. The number of aliphatic hydroxyl groups is 1. The first kappa shape index (κ1) is 13.4. The number of benzene rings is 1. The first-order chi connectivity index (χ1) is 8.37. The van der Waals surface area contributed by atoms with Crippen LogP contribution in [0.4, 0.5) is 0 Å². The van der Waals surface area contributed by atoms with E-state index < -0.39 is 5.60 Å². The molecule has 1 atom stereocenters. The molecule has 1 aromatic rings. The molecular formula is C15H23NO2. The van der Waals surface area contributed by atoms with Crippen LogP contribution in [0, 0.1) is 0 Å². The molecule has 0 bridgehead atoms. The first-order valence-corrected chi connectivity index (χ1v) is 6.49. The molecule has 1 aliphatic rings. The molecule has 1 unspecified atom stereocenters. The van der Waals surface area contributed by atoms with E-state index in [-0.39, 0.29) is 5.41 Å². The molecule has 100 valence electrons. The number of rotatable bonds is 2. The molecule has 1 heterocycles. The van der Waals surface area contributed by atoms with Gasteiger partial charge in [-0.05, 0) is 36.1 Å². The van der Waals surface area contributed by atoms with Gasteiger partial charge in [0.2, 0.25) is 0 Å². The van der Waals surface area contributed by atoms with Gasteiger partial charge < -0.3 is 15.2 Å². The van der Waals surface area contributed by atoms with Crippen molar-refractivity contribution in [2.24, 2.45) is 0 Å². The van der Waals surface area contributed by atoms with Crippen LogP contribution in [0.1, 0.15) is 38.3 Å². The highest BCUT2D eigenvalue weighted by Gasteiger charge is 2.36. The Kier molecular flexibility index (Phi) is 3.39. The Balaban J connectivity index is 2.49. The number of methoxy groups -OCH3 is 1. The van der Waals surface area contributed by atoms with Crippen molar-refractivity contribution in [2.75, 3.05) is 20.2 Å². The highest BCUT2D eigenvalue weighted by atomic mass is 16.5. The highest BCUT2D eigenvalue weighted by molar-refractivity contribution is 5.44. The minimum atomic E-state index is -0.799. The van der Waals surface area contributed by atoms with Crippen LogP contribution in [0.3, 0.4) is 0 Å². The van der Waals surface area contributed by atoms with E-state index in [0.717, 1.165) is 24.3 Å². The van der Waals surface area contributed by atoms with E-state index in [9.17, 15) is 5.11 Å². The monoisotopic (exact) mass is 249 g/mol. The quantitative estimate of drug-likeness (QED) is 0.844. The lowest BCUT2D eigenvalue weighted by molar-refractivity contribution is 0.0559. The molecule has 3 nitrogen and oxygen atoms in total. The topological polar surface area (TPSA) is 41.5 Å². The molecule has 1 fully saturated rings. The SMILES string of the molecule is COc1ccc(C(C)(C)C)cc1C1(O)CCNC1. The van der Waals surface area contributed by atoms with E-state index in [4.69, 9.17) is 4.74 Å². The van der Waals surface area contributed by atoms with E-state index in [1.165, 1.54) is 5.56 Å². The third-order valence-corrected chi connectivity index (χ3v) is 3.70. The molecule has 2 rings (SSSR count). The molecule has 0 saturated carbocycles. The van der Waals surface area contributed by atoms with Crippen LogP contribution < -0.4 is 10.1 Å². The molecular weight excluding hydrogens is 226 g/mol. The second kappa shape index (κ2) is 4.56. The second-order valence-corrected chi connectivity index (χ2v) is 6.12. The molecule has 0 aliphatic carbocycles. The van der Waals surface area contributed by atoms with Gasteiger partial charge in [-0.15, -0.1) is 0 Å². The van der Waals surface area contributed by atoms with Crippen molar-refractivity contribution in [2.45, 2.75) is 38.2 Å². The van der Waals surface area contributed by atoms with Gasteiger partial charge in [-0.1, -0.05) is 26.8 Å². The number of β-amino-alcohol motifs (C(OH)–C–C–N with tert-alkyl or cyclic N) is 1. The predicted molar refractivity (Wildman–Crippen MR) is 73.1 cm³/mol. The lowest BCUT2D eigenvalue weighted by Crippen LogP contribution is -2.29. The standard InChI is InChI=1S/C15H23NO2/c1-14(2,3)11-5-6-13(18-4)12(9-11)15(17)7-8-16-10-15/h5-6,9,16-17H,7-8,10H2,1-4H3. The first-order valence-electron chi connectivity index (χ1n) is 6.49. The highest BCUT2D eigenvalue weighted by Crippen LogP contribution is 2.37. The lowest BCUT2D eigenvalue weighted by Gasteiger charge is -2.27. The van der Waals surface area contributed by atoms with Crippen LogP contribution in [0.15, 0.2) is 18.2 Å². The normalized spacial score (nSPS) is 24.3. The minimum Gasteiger partial charge on any atom is -0.496 e. The molecule has 1 aliphatic heterocycles. The van der Waals surface area contributed by atoms with Crippen LogP contribution in [-0.2, 0) is 11.0 Å². The predicted octanol–water partition coefficient (Wildman–Crippen LogP) is 2.17. The Morgan fingerprint density at radius 2 is 2.06 bits per heavy atom. The van der Waals surface area contributed by atoms with Crippen LogP contribution in [0.2, 0.25) is 0 Å². The van der Waals surface area contributed by atoms with Gasteiger partial charge in [-0.25, -0.2) is 0 Å². The van der Waals surface area contributed by atoms with Crippen molar-refractivity contribution in [3.63, 3.8) is 0 Å². The molecule has 0 spiro atoms. The van der Waals surface area contributed by atoms with Crippen molar-refractivity contribution in [3.05, 3.63) is 29.3 Å². The number of hydrogen-bond acceptors (Lipinski definition) is 3. The minimum absolute atomic E-state index is 0.0728. The Bertz CT molecular complexity index is 429. The molecule has 3 heteroatoms. The Morgan fingerprint density at radius 3 is 2.56 bits per heavy atom. The Hall–Kier alpha value is -1.06. The van der Waals surface area contributed by atoms with Crippen molar-refractivity contribution in [1.29, 1.82) is 0 Å². The summed E-state index contributed by atoms with van der Waals surface area (Å²) in [6.07, 6.45) is 0.733. The summed E-state index contributed by atoms with van der Waals surface area (Å²) in [4.78, 5) is 0. The van der Waals surface area contributed by atoms with Gasteiger partial charge in [0.15, 0.2) is 0 Å². The van der Waals surface area contributed by atoms with E-state index >= 15 is 0 Å². The Labute approximate surface area is 109 Å². The fourth-order valence-electron chi connectivity index (χ4n) is 2.45. The van der Waals surface area contributed by atoms with Gasteiger partial charge in [-0.2, -0.15) is 0 Å². The van der Waals surface area contributed by atoms with Gasteiger partial charge >= 0.3 is 0 Å². The third kappa shape index (κ3) is 2.38. The van der Waals surface area contributed by atoms with Gasteiger partial charge in [-0.3, -0.25) is 0 Å². The number of hydrogen-bond donors (Lipinski definition) is 2. The maximum Gasteiger partial charge on any atom is 0.125 e. The van der Waals surface area contributed by atoms with Crippen LogP contribution >= 0.6 is 0 Å². The summed E-state index contributed by atoms with van der Waals surface area (Å²) >= 11 is 0. The molecule has 1 aromatic carbocycles. The van der Waals surface area contributed by atoms with Crippen molar-refractivity contribution in [1.82, 2.24) is 5.32 Å². The summed E-state index contributed by atoms with van der Waals surface area (Å²) in [5, 5.41) is 13.9. The summed E-state index contributed by atoms with van der Waals surface area (Å²) in [6.45, 7) is 7.97. The molecule has 0 radical (unpaired) electrons. The average molecular weight is 249 g/mol. The largest absolute Gasteiger partial charge is 0.496 e. The van der Waals surface area contributed by atoms with Crippen LogP contribution in [0.25, 0.3) is 0 Å². The van der Waals surface area contributed by atoms with Crippen molar-refractivity contribution >= 4 is 0 Å². The van der Waals surface area contributed by atoms with Crippen molar-refractivity contribution < 1.29 is 9.84 Å². The fourth-order valence-corrected chi connectivity index (χ4v) is 2.45. The van der Waals surface area contributed by atoms with Gasteiger partial charge in [0.05, 0.1) is 7.11 Å². The van der Waals surface area contributed by atoms with E-state index in [1.54, 1.807) is 7.11 Å². The van der Waals surface area contributed by atoms with Gasteiger partial charge in [0.1, 0.15) is 11.4 Å². The lowest BCUT2D eigenvalue weighted by atomic mass is 9.82. The van der Waals surface area contributed by atoms with Crippen LogP contribution in [0.5, 0.6) is 5.75 Å². The molecule has 2 N–H and O–H groups in total. The smallest absolute Gasteiger partial charge is 0.125 e. The van der Waals surface area contributed by atoms with E-state index in [1.807, 2.05) is 6.07 Å². The van der Waals surface area contributed by atoms with Gasteiger partial charge in [0, 0.05) is 12.1 Å². The van der Waals surface area contributed by atoms with Crippen LogP contribution in [-0.4, -0.2) is 25.3 Å². The fraction of sp³-hybridized carbons (Fsp3) is 0.600. The number of ether oxygens (including phenoxy) is 1. The van der Waals surface area contributed by atoms with E-state index in [0.29, 0.717) is 6.54 Å². The van der Waals surface area contributed by atoms with Crippen molar-refractivity contribution in [3.8, 4) is 5.75 Å². The van der Waals surface area contributed by atoms with Gasteiger partial charge in [0.25, 0.3) is 0 Å². The number of nitrogens with one attached hydrogen (secondary N) is 1. The molecule has 0 aromatic heterocycles. The summed E-state index contributed by atoms with van der Waals surface area (Å²) in [6, 6.07) is 6.13. The second-order valence-electron chi connectivity index (χ2n) is 6.12. The summed E-state index contributed by atoms with van der Waals surface area (Å²) in [5.74, 6) is 0.772. The zero-order valence-electron chi connectivity index (χ0n) is 11.7. The van der Waals surface area contributed by atoms with E-state index in [2.05, 4.69) is 38.2 Å². The molecule has 1 saturated heterocycles. The maximum absolute atomic E-state index is 10.7. The Morgan fingerprint density at radius 1 is 1.33 bits per heavy atom. The molecule has 0 amide bonds. The zero-order chi connectivity index (χ0) is 13.4. The zero-order valence-corrected chi connectivity index (χ0v) is 11.7. The summed E-state index contributed by atoms with van der Waals surface area (Å²) < 4.78 is 5.40.